The maximum Gasteiger partial charge on any atom is 0.255 e. The van der Waals surface area contributed by atoms with Crippen molar-refractivity contribution in [3.63, 3.8) is 0 Å². The highest BCUT2D eigenvalue weighted by Gasteiger charge is 2.27. The van der Waals surface area contributed by atoms with Crippen LogP contribution in [0.4, 0.5) is 11.4 Å². The van der Waals surface area contributed by atoms with Crippen LogP contribution < -0.4 is 10.6 Å². The van der Waals surface area contributed by atoms with Gasteiger partial charge in [0.25, 0.3) is 5.91 Å². The van der Waals surface area contributed by atoms with Crippen molar-refractivity contribution < 1.29 is 9.59 Å². The van der Waals surface area contributed by atoms with E-state index in [1.807, 2.05) is 42.5 Å². The number of carbonyl (C=O) groups is 2. The Kier molecular flexibility index (Phi) is 6.12. The Morgan fingerprint density at radius 3 is 2.38 bits per heavy atom. The summed E-state index contributed by atoms with van der Waals surface area (Å²) in [6.45, 7) is 2.18. The quantitative estimate of drug-likeness (QED) is 0.335. The topological polar surface area (TPSA) is 86.9 Å². The Morgan fingerprint density at radius 1 is 0.882 bits per heavy atom. The van der Waals surface area contributed by atoms with Crippen LogP contribution in [0.25, 0.3) is 22.2 Å². The number of benzene rings is 2. The number of nitrogens with one attached hydrogen (secondary N) is 3. The summed E-state index contributed by atoms with van der Waals surface area (Å²) in [6.07, 6.45) is 7.67. The number of carbonyl (C=O) groups excluding carboxylic acids is 2. The molecule has 1 aliphatic carbocycles. The van der Waals surface area contributed by atoms with E-state index in [0.717, 1.165) is 52.8 Å². The van der Waals surface area contributed by atoms with Gasteiger partial charge in [0.1, 0.15) is 0 Å². The molecule has 4 aromatic rings. The van der Waals surface area contributed by atoms with Crippen molar-refractivity contribution in [2.75, 3.05) is 10.6 Å². The maximum absolute atomic E-state index is 12.7. The average molecular weight is 453 g/mol. The van der Waals surface area contributed by atoms with Crippen LogP contribution in [0.2, 0.25) is 0 Å². The molecule has 6 nitrogen and oxygen atoms in total. The minimum Gasteiger partial charge on any atom is -0.355 e. The average Bonchev–Trinajstić information content (AvgIpc) is 3.29. The summed E-state index contributed by atoms with van der Waals surface area (Å²) < 4.78 is 0. The van der Waals surface area contributed by atoms with Crippen molar-refractivity contribution in [1.82, 2.24) is 9.97 Å². The van der Waals surface area contributed by atoms with Crippen LogP contribution in [-0.4, -0.2) is 21.8 Å². The lowest BCUT2D eigenvalue weighted by Crippen LogP contribution is -2.30. The molecule has 0 radical (unpaired) electrons. The number of hydrogen-bond acceptors (Lipinski definition) is 3. The maximum atomic E-state index is 12.7. The van der Waals surface area contributed by atoms with Crippen molar-refractivity contribution in [2.24, 2.45) is 11.8 Å². The van der Waals surface area contributed by atoms with E-state index >= 15 is 0 Å². The Morgan fingerprint density at radius 2 is 1.62 bits per heavy atom. The molecule has 1 fully saturated rings. The molecule has 1 saturated carbocycles. The van der Waals surface area contributed by atoms with Crippen molar-refractivity contribution in [3.05, 3.63) is 78.6 Å². The van der Waals surface area contributed by atoms with E-state index in [-0.39, 0.29) is 17.7 Å². The van der Waals surface area contributed by atoms with Gasteiger partial charge in [0.15, 0.2) is 0 Å². The van der Waals surface area contributed by atoms with Crippen molar-refractivity contribution in [1.29, 1.82) is 0 Å². The molecule has 0 spiro atoms. The molecule has 2 amide bonds. The number of aromatic amines is 1. The van der Waals surface area contributed by atoms with Crippen LogP contribution in [0.1, 0.15) is 43.0 Å². The SMILES string of the molecule is CC1CCCCC1C(=O)Nc1ccc(-c2cc3cc(NC(=O)c4ccncc4)ccc3[nH]2)cc1. The predicted molar refractivity (Wildman–Crippen MR) is 136 cm³/mol. The minimum atomic E-state index is -0.169. The van der Waals surface area contributed by atoms with Gasteiger partial charge in [-0.2, -0.15) is 0 Å². The molecular weight excluding hydrogens is 424 g/mol. The number of anilines is 2. The summed E-state index contributed by atoms with van der Waals surface area (Å²) in [5, 5.41) is 7.03. The molecule has 3 N–H and O–H groups in total. The van der Waals surface area contributed by atoms with Crippen LogP contribution in [0, 0.1) is 11.8 Å². The molecule has 6 heteroatoms. The van der Waals surface area contributed by atoms with Gasteiger partial charge in [-0.3, -0.25) is 14.6 Å². The third-order valence-corrected chi connectivity index (χ3v) is 6.73. The standard InChI is InChI=1S/C28H28N4O2/c1-18-4-2-3-5-24(18)28(34)30-22-8-6-19(7-9-22)26-17-21-16-23(10-11-25(21)32-26)31-27(33)20-12-14-29-15-13-20/h6-18,24,32H,2-5H2,1H3,(H,30,34)(H,31,33). The second-order valence-corrected chi connectivity index (χ2v) is 9.11. The molecule has 5 rings (SSSR count). The molecular formula is C28H28N4O2. The van der Waals surface area contributed by atoms with Crippen LogP contribution in [-0.2, 0) is 4.79 Å². The molecule has 34 heavy (non-hydrogen) atoms. The van der Waals surface area contributed by atoms with Crippen LogP contribution in [0.5, 0.6) is 0 Å². The summed E-state index contributed by atoms with van der Waals surface area (Å²) in [4.78, 5) is 32.5. The first-order chi connectivity index (χ1) is 16.6. The van der Waals surface area contributed by atoms with Crippen LogP contribution >= 0.6 is 0 Å². The van der Waals surface area contributed by atoms with Gasteiger partial charge in [-0.1, -0.05) is 31.9 Å². The van der Waals surface area contributed by atoms with E-state index in [1.165, 1.54) is 6.42 Å². The lowest BCUT2D eigenvalue weighted by atomic mass is 9.80. The first kappa shape index (κ1) is 21.9. The fraction of sp³-hybridized carbons (Fsp3) is 0.250. The van der Waals surface area contributed by atoms with Gasteiger partial charge < -0.3 is 15.6 Å². The van der Waals surface area contributed by atoms with Gasteiger partial charge in [-0.15, -0.1) is 0 Å². The fourth-order valence-corrected chi connectivity index (χ4v) is 4.75. The second-order valence-electron chi connectivity index (χ2n) is 9.11. The smallest absolute Gasteiger partial charge is 0.255 e. The Balaban J connectivity index is 1.28. The van der Waals surface area contributed by atoms with Gasteiger partial charge >= 0.3 is 0 Å². The highest BCUT2D eigenvalue weighted by atomic mass is 16.2. The number of aromatic nitrogens is 2. The number of H-pyrrole nitrogens is 1. The van der Waals surface area contributed by atoms with E-state index in [9.17, 15) is 9.59 Å². The summed E-state index contributed by atoms with van der Waals surface area (Å²) in [5.41, 5.74) is 5.11. The third-order valence-electron chi connectivity index (χ3n) is 6.73. The monoisotopic (exact) mass is 452 g/mol. The zero-order chi connectivity index (χ0) is 23.5. The molecule has 1 aliphatic rings. The number of pyridine rings is 1. The van der Waals surface area contributed by atoms with Crippen LogP contribution in [0.3, 0.4) is 0 Å². The van der Waals surface area contributed by atoms with E-state index < -0.39 is 0 Å². The molecule has 0 saturated heterocycles. The normalized spacial score (nSPS) is 17.9. The first-order valence-electron chi connectivity index (χ1n) is 11.8. The summed E-state index contributed by atoms with van der Waals surface area (Å²) in [6, 6.07) is 19.2. The van der Waals surface area contributed by atoms with Gasteiger partial charge in [-0.25, -0.2) is 0 Å². The largest absolute Gasteiger partial charge is 0.355 e. The lowest BCUT2D eigenvalue weighted by molar-refractivity contribution is -0.122. The number of rotatable bonds is 5. The van der Waals surface area contributed by atoms with Gasteiger partial charge in [-0.05, 0) is 72.9 Å². The van der Waals surface area contributed by atoms with E-state index in [1.54, 1.807) is 24.5 Å². The van der Waals surface area contributed by atoms with E-state index in [0.29, 0.717) is 11.5 Å². The molecule has 0 aliphatic heterocycles. The number of fused-ring (bicyclic) bond motifs is 1. The first-order valence-corrected chi connectivity index (χ1v) is 11.8. The van der Waals surface area contributed by atoms with Crippen molar-refractivity contribution >= 4 is 34.1 Å². The van der Waals surface area contributed by atoms with E-state index in [4.69, 9.17) is 0 Å². The number of amides is 2. The van der Waals surface area contributed by atoms with Gasteiger partial charge in [0.2, 0.25) is 5.91 Å². The summed E-state index contributed by atoms with van der Waals surface area (Å²) in [7, 11) is 0. The van der Waals surface area contributed by atoms with Crippen LogP contribution in [0.15, 0.2) is 73.1 Å². The third kappa shape index (κ3) is 4.71. The van der Waals surface area contributed by atoms with Gasteiger partial charge in [0.05, 0.1) is 0 Å². The van der Waals surface area contributed by atoms with E-state index in [2.05, 4.69) is 33.6 Å². The molecule has 2 atom stereocenters. The second kappa shape index (κ2) is 9.51. The van der Waals surface area contributed by atoms with Crippen molar-refractivity contribution in [3.8, 4) is 11.3 Å². The minimum absolute atomic E-state index is 0.107. The summed E-state index contributed by atoms with van der Waals surface area (Å²) in [5.74, 6) is 0.513. The summed E-state index contributed by atoms with van der Waals surface area (Å²) >= 11 is 0. The number of nitrogens with zero attached hydrogens (tertiary/aromatic N) is 1. The zero-order valence-corrected chi connectivity index (χ0v) is 19.2. The highest BCUT2D eigenvalue weighted by Crippen LogP contribution is 2.31. The highest BCUT2D eigenvalue weighted by molar-refractivity contribution is 6.05. The lowest BCUT2D eigenvalue weighted by Gasteiger charge is -2.27. The molecule has 2 heterocycles. The molecule has 2 unspecified atom stereocenters. The predicted octanol–water partition coefficient (Wildman–Crippen LogP) is 6.25. The Hall–Kier alpha value is -3.93. The van der Waals surface area contributed by atoms with Gasteiger partial charge in [0, 0.05) is 51.8 Å². The molecule has 0 bridgehead atoms. The molecule has 2 aromatic heterocycles. The van der Waals surface area contributed by atoms with Crippen molar-refractivity contribution in [2.45, 2.75) is 32.6 Å². The molecule has 2 aromatic carbocycles. The Bertz CT molecular complexity index is 1310. The molecule has 172 valence electrons. The zero-order valence-electron chi connectivity index (χ0n) is 19.2. The fourth-order valence-electron chi connectivity index (χ4n) is 4.75. The number of hydrogen-bond donors (Lipinski definition) is 3. The Labute approximate surface area is 198 Å².